The maximum atomic E-state index is 6.17. The molecule has 0 saturated carbocycles. The number of fused-ring (bicyclic) bond motifs is 1. The molecule has 0 spiro atoms. The van der Waals surface area contributed by atoms with Gasteiger partial charge in [-0.05, 0) is 30.7 Å². The van der Waals surface area contributed by atoms with Crippen LogP contribution in [0.4, 0.5) is 0 Å². The standard InChI is InChI=1S/C18H21N3O/c1-2-3-5-14-18(22-15-10-6-4-7-11-15)21-17-13-9-8-12-16(17)19-20-21/h4,6-13,18H,2-3,5,14H2,1H3. The molecule has 0 saturated heterocycles. The Kier molecular flexibility index (Phi) is 4.68. The van der Waals surface area contributed by atoms with Crippen LogP contribution in [-0.2, 0) is 0 Å². The first-order chi connectivity index (χ1) is 10.9. The first-order valence-corrected chi connectivity index (χ1v) is 7.90. The lowest BCUT2D eigenvalue weighted by Crippen LogP contribution is -2.17. The molecule has 3 rings (SSSR count). The van der Waals surface area contributed by atoms with Crippen molar-refractivity contribution in [2.24, 2.45) is 0 Å². The molecule has 0 bridgehead atoms. The SMILES string of the molecule is CCCCCC(Oc1ccccc1)n1nnc2ccccc21. The number of benzene rings is 2. The fourth-order valence-electron chi connectivity index (χ4n) is 2.56. The number of aromatic nitrogens is 3. The molecule has 3 aromatic rings. The maximum absolute atomic E-state index is 6.17. The van der Waals surface area contributed by atoms with Gasteiger partial charge in [0.15, 0.2) is 6.23 Å². The van der Waals surface area contributed by atoms with E-state index in [9.17, 15) is 0 Å². The van der Waals surface area contributed by atoms with E-state index in [1.165, 1.54) is 12.8 Å². The Morgan fingerprint density at radius 1 is 1.00 bits per heavy atom. The lowest BCUT2D eigenvalue weighted by molar-refractivity contribution is 0.108. The Morgan fingerprint density at radius 3 is 2.59 bits per heavy atom. The topological polar surface area (TPSA) is 39.9 Å². The van der Waals surface area contributed by atoms with Crippen LogP contribution in [0.1, 0.15) is 38.8 Å². The molecule has 4 heteroatoms. The molecule has 0 fully saturated rings. The molecule has 0 aliphatic carbocycles. The highest BCUT2D eigenvalue weighted by Crippen LogP contribution is 2.24. The summed E-state index contributed by atoms with van der Waals surface area (Å²) in [7, 11) is 0. The minimum Gasteiger partial charge on any atom is -0.469 e. The molecule has 1 unspecified atom stereocenters. The molecule has 0 amide bonds. The predicted molar refractivity (Wildman–Crippen MR) is 87.8 cm³/mol. The van der Waals surface area contributed by atoms with E-state index in [0.717, 1.165) is 29.6 Å². The van der Waals surface area contributed by atoms with Crippen LogP contribution in [0.2, 0.25) is 0 Å². The Balaban J connectivity index is 1.87. The molecule has 4 nitrogen and oxygen atoms in total. The molecule has 1 heterocycles. The molecule has 1 aromatic heterocycles. The van der Waals surface area contributed by atoms with Gasteiger partial charge < -0.3 is 4.74 Å². The van der Waals surface area contributed by atoms with Gasteiger partial charge in [0.25, 0.3) is 0 Å². The first-order valence-electron chi connectivity index (χ1n) is 7.90. The summed E-state index contributed by atoms with van der Waals surface area (Å²) in [6.45, 7) is 2.21. The summed E-state index contributed by atoms with van der Waals surface area (Å²) < 4.78 is 8.07. The maximum Gasteiger partial charge on any atom is 0.193 e. The molecule has 114 valence electrons. The van der Waals surface area contributed by atoms with Crippen molar-refractivity contribution in [3.8, 4) is 5.75 Å². The third-order valence-corrected chi connectivity index (χ3v) is 3.72. The number of para-hydroxylation sites is 2. The Labute approximate surface area is 130 Å². The monoisotopic (exact) mass is 295 g/mol. The van der Waals surface area contributed by atoms with Crippen molar-refractivity contribution in [1.29, 1.82) is 0 Å². The van der Waals surface area contributed by atoms with Crippen molar-refractivity contribution in [3.63, 3.8) is 0 Å². The van der Waals surface area contributed by atoms with Crippen LogP contribution in [0.5, 0.6) is 5.75 Å². The van der Waals surface area contributed by atoms with Crippen LogP contribution in [0.25, 0.3) is 11.0 Å². The molecule has 0 aliphatic heterocycles. The second kappa shape index (κ2) is 7.07. The minimum absolute atomic E-state index is 0.124. The van der Waals surface area contributed by atoms with Crippen LogP contribution >= 0.6 is 0 Å². The smallest absolute Gasteiger partial charge is 0.193 e. The van der Waals surface area contributed by atoms with E-state index in [0.29, 0.717) is 0 Å². The summed E-state index contributed by atoms with van der Waals surface area (Å²) >= 11 is 0. The highest BCUT2D eigenvalue weighted by Gasteiger charge is 2.17. The number of hydrogen-bond acceptors (Lipinski definition) is 3. The van der Waals surface area contributed by atoms with E-state index < -0.39 is 0 Å². The second-order valence-corrected chi connectivity index (χ2v) is 5.40. The van der Waals surface area contributed by atoms with E-state index in [2.05, 4.69) is 17.2 Å². The number of hydrogen-bond donors (Lipinski definition) is 0. The average molecular weight is 295 g/mol. The van der Waals surface area contributed by atoms with Crippen LogP contribution in [0, 0.1) is 0 Å². The van der Waals surface area contributed by atoms with Gasteiger partial charge in [-0.25, -0.2) is 4.68 Å². The van der Waals surface area contributed by atoms with Gasteiger partial charge >= 0.3 is 0 Å². The Hall–Kier alpha value is -2.36. The fraction of sp³-hybridized carbons (Fsp3) is 0.333. The van der Waals surface area contributed by atoms with E-state index in [-0.39, 0.29) is 6.23 Å². The fourth-order valence-corrected chi connectivity index (χ4v) is 2.56. The molecule has 0 radical (unpaired) electrons. The lowest BCUT2D eigenvalue weighted by Gasteiger charge is -2.19. The van der Waals surface area contributed by atoms with Crippen LogP contribution in [0.15, 0.2) is 54.6 Å². The molecular formula is C18H21N3O. The largest absolute Gasteiger partial charge is 0.469 e. The Bertz CT molecular complexity index is 708. The third-order valence-electron chi connectivity index (χ3n) is 3.72. The van der Waals surface area contributed by atoms with Gasteiger partial charge in [0, 0.05) is 6.42 Å². The number of nitrogens with zero attached hydrogens (tertiary/aromatic N) is 3. The van der Waals surface area contributed by atoms with E-state index >= 15 is 0 Å². The van der Waals surface area contributed by atoms with Gasteiger partial charge in [-0.3, -0.25) is 0 Å². The molecule has 22 heavy (non-hydrogen) atoms. The van der Waals surface area contributed by atoms with Crippen LogP contribution < -0.4 is 4.74 Å². The molecule has 0 aliphatic rings. The summed E-state index contributed by atoms with van der Waals surface area (Å²) in [5.74, 6) is 0.864. The normalized spacial score (nSPS) is 12.4. The van der Waals surface area contributed by atoms with Crippen molar-refractivity contribution < 1.29 is 4.74 Å². The highest BCUT2D eigenvalue weighted by atomic mass is 16.5. The summed E-state index contributed by atoms with van der Waals surface area (Å²) in [4.78, 5) is 0. The van der Waals surface area contributed by atoms with Crippen molar-refractivity contribution in [2.45, 2.75) is 38.8 Å². The third kappa shape index (κ3) is 3.27. The van der Waals surface area contributed by atoms with Gasteiger partial charge in [-0.1, -0.05) is 55.3 Å². The summed E-state index contributed by atoms with van der Waals surface area (Å²) in [6.07, 6.45) is 4.30. The first kappa shape index (κ1) is 14.6. The van der Waals surface area contributed by atoms with Gasteiger partial charge in [-0.15, -0.1) is 5.10 Å². The van der Waals surface area contributed by atoms with Crippen LogP contribution in [-0.4, -0.2) is 15.0 Å². The van der Waals surface area contributed by atoms with Gasteiger partial charge in [-0.2, -0.15) is 0 Å². The average Bonchev–Trinajstić information content (AvgIpc) is 2.99. The summed E-state index contributed by atoms with van der Waals surface area (Å²) in [5, 5.41) is 8.55. The molecule has 0 N–H and O–H groups in total. The Morgan fingerprint density at radius 2 is 1.77 bits per heavy atom. The van der Waals surface area contributed by atoms with E-state index in [1.807, 2.05) is 59.3 Å². The number of ether oxygens (including phenoxy) is 1. The van der Waals surface area contributed by atoms with Crippen molar-refractivity contribution in [2.75, 3.05) is 0 Å². The van der Waals surface area contributed by atoms with Crippen molar-refractivity contribution in [3.05, 3.63) is 54.6 Å². The quantitative estimate of drug-likeness (QED) is 0.598. The minimum atomic E-state index is -0.124. The molecular weight excluding hydrogens is 274 g/mol. The zero-order chi connectivity index (χ0) is 15.2. The van der Waals surface area contributed by atoms with Crippen molar-refractivity contribution >= 4 is 11.0 Å². The van der Waals surface area contributed by atoms with Gasteiger partial charge in [0.05, 0.1) is 5.52 Å². The highest BCUT2D eigenvalue weighted by molar-refractivity contribution is 5.73. The van der Waals surface area contributed by atoms with E-state index in [4.69, 9.17) is 4.74 Å². The second-order valence-electron chi connectivity index (χ2n) is 5.40. The molecule has 1 atom stereocenters. The summed E-state index contributed by atoms with van der Waals surface area (Å²) in [5.41, 5.74) is 1.92. The van der Waals surface area contributed by atoms with Crippen molar-refractivity contribution in [1.82, 2.24) is 15.0 Å². The molecule has 2 aromatic carbocycles. The number of rotatable bonds is 7. The summed E-state index contributed by atoms with van der Waals surface area (Å²) in [6, 6.07) is 17.9. The lowest BCUT2D eigenvalue weighted by atomic mass is 10.2. The van der Waals surface area contributed by atoms with E-state index in [1.54, 1.807) is 0 Å². The number of unbranched alkanes of at least 4 members (excludes halogenated alkanes) is 2. The van der Waals surface area contributed by atoms with Crippen LogP contribution in [0.3, 0.4) is 0 Å². The predicted octanol–water partition coefficient (Wildman–Crippen LogP) is 4.59. The zero-order valence-electron chi connectivity index (χ0n) is 12.9. The van der Waals surface area contributed by atoms with Gasteiger partial charge in [0.1, 0.15) is 11.3 Å². The zero-order valence-corrected chi connectivity index (χ0v) is 12.9. The van der Waals surface area contributed by atoms with Gasteiger partial charge in [0.2, 0.25) is 0 Å².